The van der Waals surface area contributed by atoms with Gasteiger partial charge >= 0.3 is 0 Å². The van der Waals surface area contributed by atoms with Crippen molar-refractivity contribution in [3.63, 3.8) is 0 Å². The van der Waals surface area contributed by atoms with Crippen LogP contribution in [-0.4, -0.2) is 24.0 Å². The summed E-state index contributed by atoms with van der Waals surface area (Å²) in [5.74, 6) is 1.02. The van der Waals surface area contributed by atoms with Gasteiger partial charge in [0.05, 0.1) is 0 Å². The van der Waals surface area contributed by atoms with Crippen molar-refractivity contribution in [1.29, 1.82) is 0 Å². The van der Waals surface area contributed by atoms with E-state index in [9.17, 15) is 4.79 Å². The maximum absolute atomic E-state index is 11.9. The summed E-state index contributed by atoms with van der Waals surface area (Å²) in [4.78, 5) is 16.1. The number of carbonyl (C=O) groups excluding carboxylic acids is 1. The molecule has 0 unspecified atom stereocenters. The second kappa shape index (κ2) is 6.64. The molecule has 0 atom stereocenters. The van der Waals surface area contributed by atoms with Crippen molar-refractivity contribution in [2.45, 2.75) is 39.0 Å². The lowest BCUT2D eigenvalue weighted by Crippen LogP contribution is -2.17. The number of hydrogen-bond donors (Lipinski definition) is 0. The largest absolute Gasteiger partial charge is 0.381 e. The molecule has 3 heteroatoms. The van der Waals surface area contributed by atoms with Gasteiger partial charge in [-0.1, -0.05) is 0 Å². The highest BCUT2D eigenvalue weighted by Crippen LogP contribution is 2.20. The molecule has 0 N–H and O–H groups in total. The van der Waals surface area contributed by atoms with Crippen molar-refractivity contribution in [2.24, 2.45) is 5.92 Å². The van der Waals surface area contributed by atoms with Crippen LogP contribution < -0.4 is 0 Å². The summed E-state index contributed by atoms with van der Waals surface area (Å²) in [6.45, 7) is 3.68. The highest BCUT2D eigenvalue weighted by molar-refractivity contribution is 5.80. The minimum Gasteiger partial charge on any atom is -0.381 e. The summed E-state index contributed by atoms with van der Waals surface area (Å²) in [7, 11) is 0. The number of ether oxygens (including phenoxy) is 1. The molecule has 0 bridgehead atoms. The van der Waals surface area contributed by atoms with Crippen LogP contribution in [0.4, 0.5) is 0 Å². The molecule has 0 saturated carbocycles. The third-order valence-corrected chi connectivity index (χ3v) is 3.53. The molecule has 0 amide bonds. The number of aromatic nitrogens is 1. The van der Waals surface area contributed by atoms with Gasteiger partial charge in [-0.15, -0.1) is 0 Å². The molecule has 2 rings (SSSR count). The lowest BCUT2D eigenvalue weighted by molar-refractivity contribution is -0.118. The first-order valence-electron chi connectivity index (χ1n) is 6.75. The third-order valence-electron chi connectivity index (χ3n) is 3.53. The normalized spacial score (nSPS) is 16.7. The first kappa shape index (κ1) is 13.2. The van der Waals surface area contributed by atoms with Crippen molar-refractivity contribution < 1.29 is 9.53 Å². The maximum Gasteiger partial charge on any atom is 0.137 e. The van der Waals surface area contributed by atoms with Crippen LogP contribution in [0.25, 0.3) is 0 Å². The van der Waals surface area contributed by atoms with Gasteiger partial charge in [-0.25, -0.2) is 0 Å². The monoisotopic (exact) mass is 247 g/mol. The number of ketones is 1. The van der Waals surface area contributed by atoms with Gasteiger partial charge in [0.15, 0.2) is 0 Å². The van der Waals surface area contributed by atoms with Crippen molar-refractivity contribution in [2.75, 3.05) is 13.2 Å². The van der Waals surface area contributed by atoms with E-state index in [1.165, 1.54) is 0 Å². The molecule has 1 fully saturated rings. The Labute approximate surface area is 109 Å². The molecule has 0 aromatic carbocycles. The molecule has 3 nitrogen and oxygen atoms in total. The summed E-state index contributed by atoms with van der Waals surface area (Å²) in [6, 6.07) is 3.92. The zero-order valence-electron chi connectivity index (χ0n) is 11.0. The van der Waals surface area contributed by atoms with E-state index in [1.807, 2.05) is 19.1 Å². The topological polar surface area (TPSA) is 39.2 Å². The van der Waals surface area contributed by atoms with E-state index in [1.54, 1.807) is 6.20 Å². The number of rotatable bonds is 5. The predicted molar refractivity (Wildman–Crippen MR) is 70.5 cm³/mol. The predicted octanol–water partition coefficient (Wildman–Crippen LogP) is 2.71. The first-order valence-corrected chi connectivity index (χ1v) is 6.75. The number of pyridine rings is 1. The van der Waals surface area contributed by atoms with Crippen LogP contribution in [0.3, 0.4) is 0 Å². The van der Waals surface area contributed by atoms with Crippen LogP contribution in [0.15, 0.2) is 18.3 Å². The molecule has 1 aliphatic rings. The number of nitrogens with zero attached hydrogens (tertiary/aromatic N) is 1. The molecule has 1 aromatic rings. The first-order chi connectivity index (χ1) is 8.74. The van der Waals surface area contributed by atoms with E-state index in [0.717, 1.165) is 43.7 Å². The van der Waals surface area contributed by atoms with E-state index < -0.39 is 0 Å². The van der Waals surface area contributed by atoms with E-state index in [4.69, 9.17) is 4.74 Å². The Morgan fingerprint density at radius 1 is 1.44 bits per heavy atom. The van der Waals surface area contributed by atoms with Crippen molar-refractivity contribution in [3.8, 4) is 0 Å². The second-order valence-electron chi connectivity index (χ2n) is 5.12. The van der Waals surface area contributed by atoms with Crippen LogP contribution in [0.2, 0.25) is 0 Å². The van der Waals surface area contributed by atoms with E-state index in [2.05, 4.69) is 4.98 Å². The Balaban J connectivity index is 1.74. The molecular weight excluding hydrogens is 226 g/mol. The third kappa shape index (κ3) is 4.22. The average molecular weight is 247 g/mol. The van der Waals surface area contributed by atoms with Gasteiger partial charge in [0.1, 0.15) is 5.78 Å². The summed E-state index contributed by atoms with van der Waals surface area (Å²) < 4.78 is 5.32. The standard InChI is InChI=1S/C15H21NO2/c1-12-10-14(4-7-16-12)11-15(17)3-2-13-5-8-18-9-6-13/h4,7,10,13H,2-3,5-6,8-9,11H2,1H3. The highest BCUT2D eigenvalue weighted by Gasteiger charge is 2.15. The van der Waals surface area contributed by atoms with Crippen LogP contribution >= 0.6 is 0 Å². The van der Waals surface area contributed by atoms with Gasteiger partial charge in [-0.3, -0.25) is 9.78 Å². The summed E-state index contributed by atoms with van der Waals surface area (Å²) in [5.41, 5.74) is 2.06. The quantitative estimate of drug-likeness (QED) is 0.803. The fourth-order valence-corrected chi connectivity index (χ4v) is 2.43. The minimum atomic E-state index is 0.340. The van der Waals surface area contributed by atoms with Gasteiger partial charge in [0.25, 0.3) is 0 Å². The lowest BCUT2D eigenvalue weighted by Gasteiger charge is -2.21. The second-order valence-corrected chi connectivity index (χ2v) is 5.12. The number of aryl methyl sites for hydroxylation is 1. The van der Waals surface area contributed by atoms with Gasteiger partial charge < -0.3 is 4.74 Å². The van der Waals surface area contributed by atoms with Crippen molar-refractivity contribution >= 4 is 5.78 Å². The molecule has 18 heavy (non-hydrogen) atoms. The highest BCUT2D eigenvalue weighted by atomic mass is 16.5. The smallest absolute Gasteiger partial charge is 0.137 e. The van der Waals surface area contributed by atoms with Gasteiger partial charge in [-0.05, 0) is 49.8 Å². The summed E-state index contributed by atoms with van der Waals surface area (Å²) in [6.07, 6.45) is 6.27. The van der Waals surface area contributed by atoms with Gasteiger partial charge in [0.2, 0.25) is 0 Å². The molecule has 0 spiro atoms. The van der Waals surface area contributed by atoms with Gasteiger partial charge in [0, 0.05) is 37.9 Å². The number of carbonyl (C=O) groups is 1. The summed E-state index contributed by atoms with van der Waals surface area (Å²) >= 11 is 0. The zero-order chi connectivity index (χ0) is 12.8. The number of Topliss-reactive ketones (excluding diaryl/α,β-unsaturated/α-hetero) is 1. The Morgan fingerprint density at radius 2 is 2.22 bits per heavy atom. The SMILES string of the molecule is Cc1cc(CC(=O)CCC2CCOCC2)ccn1. The summed E-state index contributed by atoms with van der Waals surface area (Å²) in [5, 5.41) is 0. The molecule has 1 aromatic heterocycles. The van der Waals surface area contributed by atoms with E-state index in [-0.39, 0.29) is 0 Å². The van der Waals surface area contributed by atoms with Crippen LogP contribution in [0.1, 0.15) is 36.9 Å². The fraction of sp³-hybridized carbons (Fsp3) is 0.600. The molecular formula is C15H21NO2. The Hall–Kier alpha value is -1.22. The fourth-order valence-electron chi connectivity index (χ4n) is 2.43. The van der Waals surface area contributed by atoms with Gasteiger partial charge in [-0.2, -0.15) is 0 Å². The molecule has 2 heterocycles. The Bertz CT molecular complexity index is 397. The Morgan fingerprint density at radius 3 is 2.94 bits per heavy atom. The van der Waals surface area contributed by atoms with Crippen LogP contribution in [-0.2, 0) is 16.0 Å². The average Bonchev–Trinajstić information content (AvgIpc) is 2.38. The van der Waals surface area contributed by atoms with E-state index >= 15 is 0 Å². The Kier molecular flexibility index (Phi) is 4.88. The van der Waals surface area contributed by atoms with E-state index in [0.29, 0.717) is 24.5 Å². The maximum atomic E-state index is 11.9. The zero-order valence-corrected chi connectivity index (χ0v) is 11.0. The van der Waals surface area contributed by atoms with Crippen LogP contribution in [0, 0.1) is 12.8 Å². The molecule has 98 valence electrons. The van der Waals surface area contributed by atoms with Crippen molar-refractivity contribution in [3.05, 3.63) is 29.6 Å². The lowest BCUT2D eigenvalue weighted by atomic mass is 9.93. The number of hydrogen-bond acceptors (Lipinski definition) is 3. The minimum absolute atomic E-state index is 0.340. The molecule has 1 aliphatic heterocycles. The van der Waals surface area contributed by atoms with Crippen LogP contribution in [0.5, 0.6) is 0 Å². The molecule has 1 saturated heterocycles. The molecule has 0 aliphatic carbocycles. The van der Waals surface area contributed by atoms with Crippen molar-refractivity contribution in [1.82, 2.24) is 4.98 Å². The molecule has 0 radical (unpaired) electrons.